The molecule has 0 aliphatic rings. The van der Waals surface area contributed by atoms with E-state index in [-0.39, 0.29) is 0 Å². The lowest BCUT2D eigenvalue weighted by molar-refractivity contribution is 0.550. The van der Waals surface area contributed by atoms with Crippen molar-refractivity contribution in [1.29, 1.82) is 0 Å². The van der Waals surface area contributed by atoms with E-state index in [1.165, 1.54) is 82.6 Å². The summed E-state index contributed by atoms with van der Waals surface area (Å²) in [6, 6.07) is 41.9. The van der Waals surface area contributed by atoms with Gasteiger partial charge in [0, 0.05) is 52.4 Å². The molecule has 12 heteroatoms. The Bertz CT molecular complexity index is 3900. The summed E-state index contributed by atoms with van der Waals surface area (Å²) in [7, 11) is 0. The third-order valence-corrected chi connectivity index (χ3v) is 16.8. The molecule has 480 valence electrons. The van der Waals surface area contributed by atoms with Gasteiger partial charge in [-0.05, 0) is 207 Å². The highest BCUT2D eigenvalue weighted by Crippen LogP contribution is 2.30. The first-order valence-corrected chi connectivity index (χ1v) is 33.4. The largest absolute Gasteiger partial charge is 0.328 e. The molecule has 0 bridgehead atoms. The van der Waals surface area contributed by atoms with Gasteiger partial charge in [-0.1, -0.05) is 138 Å². The Labute approximate surface area is 539 Å². The zero-order chi connectivity index (χ0) is 66.0. The molecule has 12 rings (SSSR count). The standard InChI is InChI=1S/6C13H18N2/c1-9(2)11-5-6-13-12(7-11)14-8-15(13)10(3)4;1-9(2)11-5-6-13-12(7-11)8-14-15(13)10(3)4;1-9(2)11-5-6-12-13(7-11)15(8-14-12)10(3)4;1-9(2)11-5-6-12-8-14-15(10(3)4)13(12)7-11;1-9(2)11-6-5-7-13-12(11)8-14-15(13)10(3)4;1-9(2)11-6-5-7-12-13(11)14-8-15(12)10(3)4/h6*5-10H,1-4H3. The van der Waals surface area contributed by atoms with Crippen LogP contribution in [0.4, 0.5) is 0 Å². The first kappa shape index (κ1) is 69.6. The molecule has 6 aromatic heterocycles. The third kappa shape index (κ3) is 16.6. The first-order valence-electron chi connectivity index (χ1n) is 33.4. The highest BCUT2D eigenvalue weighted by Gasteiger charge is 2.15. The fourth-order valence-electron chi connectivity index (χ4n) is 11.3. The predicted octanol–water partition coefficient (Wildman–Crippen LogP) is 22.4. The summed E-state index contributed by atoms with van der Waals surface area (Å²) in [5.74, 6) is 3.38. The maximum absolute atomic E-state index is 4.52. The van der Waals surface area contributed by atoms with Gasteiger partial charge in [-0.2, -0.15) is 15.3 Å². The average molecular weight is 1210 g/mol. The van der Waals surface area contributed by atoms with Crippen molar-refractivity contribution < 1.29 is 0 Å². The Kier molecular flexibility index (Phi) is 23.8. The molecule has 0 N–H and O–H groups in total. The molecule has 12 nitrogen and oxygen atoms in total. The fourth-order valence-corrected chi connectivity index (χ4v) is 11.3. The van der Waals surface area contributed by atoms with Crippen LogP contribution in [-0.4, -0.2) is 58.0 Å². The van der Waals surface area contributed by atoms with E-state index < -0.39 is 0 Å². The van der Waals surface area contributed by atoms with Crippen LogP contribution in [0.5, 0.6) is 0 Å². The van der Waals surface area contributed by atoms with Crippen LogP contribution >= 0.6 is 0 Å². The predicted molar refractivity (Wildman–Crippen MR) is 385 cm³/mol. The third-order valence-electron chi connectivity index (χ3n) is 16.8. The van der Waals surface area contributed by atoms with Crippen molar-refractivity contribution in [3.8, 4) is 0 Å². The van der Waals surface area contributed by atoms with Gasteiger partial charge in [0.2, 0.25) is 0 Å². The average Bonchev–Trinajstić information content (AvgIpc) is 1.81. The van der Waals surface area contributed by atoms with Gasteiger partial charge in [0.1, 0.15) is 0 Å². The molecule has 12 aromatic rings. The van der Waals surface area contributed by atoms with E-state index in [0.29, 0.717) is 71.8 Å². The second kappa shape index (κ2) is 30.8. The van der Waals surface area contributed by atoms with Gasteiger partial charge in [-0.3, -0.25) is 14.0 Å². The normalized spacial score (nSPS) is 11.9. The van der Waals surface area contributed by atoms with Crippen LogP contribution in [0.25, 0.3) is 65.8 Å². The van der Waals surface area contributed by atoms with Gasteiger partial charge in [0.25, 0.3) is 0 Å². The van der Waals surface area contributed by atoms with Gasteiger partial charge >= 0.3 is 0 Å². The molecule has 0 unspecified atom stereocenters. The molecule has 0 fully saturated rings. The number of rotatable bonds is 12. The van der Waals surface area contributed by atoms with Crippen LogP contribution in [0.3, 0.4) is 0 Å². The SMILES string of the molecule is CC(C)c1ccc2c(c1)ncn2C(C)C.CC(C)c1ccc2c(cnn2C(C)C)c1.CC(C)c1ccc2cnn(C(C)C)c2c1.CC(C)c1ccc2ncn(C(C)C)c2c1.CC(C)c1cccc2c1cnn2C(C)C.CC(C)c1cccc2c1ncn2C(C)C. The van der Waals surface area contributed by atoms with Gasteiger partial charge < -0.3 is 13.7 Å². The maximum atomic E-state index is 4.52. The molecule has 6 aromatic carbocycles. The minimum atomic E-state index is 0.421. The molecule has 0 aliphatic heterocycles. The van der Waals surface area contributed by atoms with E-state index >= 15 is 0 Å². The lowest BCUT2D eigenvalue weighted by Gasteiger charge is -2.10. The smallest absolute Gasteiger partial charge is 0.0960 e. The molecule has 0 amide bonds. The summed E-state index contributed by atoms with van der Waals surface area (Å²) in [6.07, 6.45) is 11.7. The van der Waals surface area contributed by atoms with Crippen LogP contribution in [0.15, 0.2) is 147 Å². The zero-order valence-corrected chi connectivity index (χ0v) is 59.2. The minimum Gasteiger partial charge on any atom is -0.328 e. The van der Waals surface area contributed by atoms with Crippen LogP contribution in [0.2, 0.25) is 0 Å². The lowest BCUT2D eigenvalue weighted by atomic mass is 10.00. The van der Waals surface area contributed by atoms with E-state index in [9.17, 15) is 0 Å². The van der Waals surface area contributed by atoms with Crippen LogP contribution in [0, 0.1) is 0 Å². The second-order valence-electron chi connectivity index (χ2n) is 27.8. The van der Waals surface area contributed by atoms with E-state index in [2.05, 4.69) is 333 Å². The summed E-state index contributed by atoms with van der Waals surface area (Å²) in [6.45, 7) is 52.6. The lowest BCUT2D eigenvalue weighted by Crippen LogP contribution is -2.02. The molecule has 0 radical (unpaired) electrons. The molecule has 0 saturated heterocycles. The molecular weight excluding hydrogens is 1100 g/mol. The summed E-state index contributed by atoms with van der Waals surface area (Å²) < 4.78 is 12.9. The highest BCUT2D eigenvalue weighted by atomic mass is 15.3. The monoisotopic (exact) mass is 1210 g/mol. The Balaban J connectivity index is 0.000000154. The maximum Gasteiger partial charge on any atom is 0.0960 e. The summed E-state index contributed by atoms with van der Waals surface area (Å²) >= 11 is 0. The van der Waals surface area contributed by atoms with E-state index in [1.807, 2.05) is 37.6 Å². The van der Waals surface area contributed by atoms with Crippen molar-refractivity contribution in [3.05, 3.63) is 180 Å². The summed E-state index contributed by atoms with van der Waals surface area (Å²) in [4.78, 5) is 13.4. The van der Waals surface area contributed by atoms with Crippen molar-refractivity contribution in [1.82, 2.24) is 58.0 Å². The molecule has 0 atom stereocenters. The molecule has 0 spiro atoms. The van der Waals surface area contributed by atoms with Gasteiger partial charge in [0.15, 0.2) is 0 Å². The van der Waals surface area contributed by atoms with Gasteiger partial charge in [-0.15, -0.1) is 0 Å². The molecule has 0 aliphatic carbocycles. The quantitative estimate of drug-likeness (QED) is 0.121. The Morgan fingerprint density at radius 3 is 1.23 bits per heavy atom. The second-order valence-corrected chi connectivity index (χ2v) is 27.8. The highest BCUT2D eigenvalue weighted by molar-refractivity contribution is 5.84. The summed E-state index contributed by atoms with van der Waals surface area (Å²) in [5.41, 5.74) is 19.0. The number of fused-ring (bicyclic) bond motifs is 6. The number of aromatic nitrogens is 12. The first-order chi connectivity index (χ1) is 42.6. The van der Waals surface area contributed by atoms with Crippen molar-refractivity contribution in [2.45, 2.75) is 238 Å². The number of imidazole rings is 3. The number of hydrogen-bond acceptors (Lipinski definition) is 6. The van der Waals surface area contributed by atoms with E-state index in [0.717, 1.165) is 16.6 Å². The van der Waals surface area contributed by atoms with Crippen molar-refractivity contribution >= 4 is 65.8 Å². The van der Waals surface area contributed by atoms with Crippen LogP contribution < -0.4 is 0 Å². The Morgan fingerprint density at radius 1 is 0.278 bits per heavy atom. The van der Waals surface area contributed by atoms with Crippen molar-refractivity contribution in [3.63, 3.8) is 0 Å². The molecule has 6 heterocycles. The van der Waals surface area contributed by atoms with E-state index in [4.69, 9.17) is 0 Å². The molecule has 90 heavy (non-hydrogen) atoms. The minimum absolute atomic E-state index is 0.421. The number of hydrogen-bond donors (Lipinski definition) is 0. The Hall–Kier alpha value is -7.86. The molecular formula is C78H108N12. The van der Waals surface area contributed by atoms with Crippen molar-refractivity contribution in [2.24, 2.45) is 0 Å². The van der Waals surface area contributed by atoms with Crippen LogP contribution in [0.1, 0.15) is 271 Å². The number of para-hydroxylation sites is 1. The zero-order valence-electron chi connectivity index (χ0n) is 59.2. The Morgan fingerprint density at radius 2 is 0.689 bits per heavy atom. The van der Waals surface area contributed by atoms with Crippen molar-refractivity contribution in [2.75, 3.05) is 0 Å². The van der Waals surface area contributed by atoms with Gasteiger partial charge in [-0.25, -0.2) is 15.0 Å². The number of benzene rings is 6. The fraction of sp³-hybridized carbons (Fsp3) is 0.462. The number of nitrogens with zero attached hydrogens (tertiary/aromatic N) is 12. The molecule has 0 saturated carbocycles. The van der Waals surface area contributed by atoms with Gasteiger partial charge in [0.05, 0.1) is 87.2 Å². The topological polar surface area (TPSA) is 107 Å². The van der Waals surface area contributed by atoms with E-state index in [1.54, 1.807) is 0 Å². The summed E-state index contributed by atoms with van der Waals surface area (Å²) in [5, 5.41) is 17.0. The van der Waals surface area contributed by atoms with Crippen LogP contribution in [-0.2, 0) is 0 Å².